The van der Waals surface area contributed by atoms with Crippen molar-refractivity contribution in [2.45, 2.75) is 45.1 Å². The highest BCUT2D eigenvalue weighted by molar-refractivity contribution is 7.71. The lowest BCUT2D eigenvalue weighted by Gasteiger charge is -2.17. The SMILES string of the molecule is CCCC1(n2c(C)c[nH]c2=S)CC1. The van der Waals surface area contributed by atoms with Crippen LogP contribution in [0.15, 0.2) is 6.20 Å². The molecule has 1 saturated carbocycles. The Bertz CT molecular complexity index is 357. The molecule has 0 radical (unpaired) electrons. The van der Waals surface area contributed by atoms with E-state index >= 15 is 0 Å². The first-order valence-electron chi connectivity index (χ1n) is 4.97. The summed E-state index contributed by atoms with van der Waals surface area (Å²) in [7, 11) is 0. The molecule has 2 rings (SSSR count). The molecule has 1 N–H and O–H groups in total. The molecule has 0 amide bonds. The number of hydrogen-bond donors (Lipinski definition) is 1. The van der Waals surface area contributed by atoms with E-state index in [0.717, 1.165) is 4.77 Å². The zero-order valence-electron chi connectivity index (χ0n) is 8.26. The van der Waals surface area contributed by atoms with Crippen LogP contribution >= 0.6 is 12.2 Å². The molecule has 0 unspecified atom stereocenters. The summed E-state index contributed by atoms with van der Waals surface area (Å²) >= 11 is 5.28. The lowest BCUT2D eigenvalue weighted by atomic mass is 10.1. The number of hydrogen-bond acceptors (Lipinski definition) is 1. The molecular weight excluding hydrogens is 180 g/mol. The monoisotopic (exact) mass is 196 g/mol. The number of aromatic amines is 1. The molecule has 0 aliphatic heterocycles. The highest BCUT2D eigenvalue weighted by atomic mass is 32.1. The average molecular weight is 196 g/mol. The summed E-state index contributed by atoms with van der Waals surface area (Å²) in [6.07, 6.45) is 7.12. The summed E-state index contributed by atoms with van der Waals surface area (Å²) in [6.45, 7) is 4.37. The van der Waals surface area contributed by atoms with Gasteiger partial charge in [0.1, 0.15) is 0 Å². The van der Waals surface area contributed by atoms with Crippen LogP contribution in [-0.2, 0) is 5.54 Å². The van der Waals surface area contributed by atoms with Crippen LogP contribution in [0.1, 0.15) is 38.3 Å². The Morgan fingerprint density at radius 1 is 1.62 bits per heavy atom. The Morgan fingerprint density at radius 2 is 2.31 bits per heavy atom. The van der Waals surface area contributed by atoms with E-state index in [1.165, 1.54) is 31.4 Å². The smallest absolute Gasteiger partial charge is 0.177 e. The molecule has 2 nitrogen and oxygen atoms in total. The summed E-state index contributed by atoms with van der Waals surface area (Å²) in [5, 5.41) is 0. The van der Waals surface area contributed by atoms with Crippen LogP contribution in [0, 0.1) is 11.7 Å². The van der Waals surface area contributed by atoms with Gasteiger partial charge < -0.3 is 9.55 Å². The number of imidazole rings is 1. The molecule has 1 fully saturated rings. The molecule has 0 spiro atoms. The highest BCUT2D eigenvalue weighted by Crippen LogP contribution is 2.48. The molecule has 0 saturated heterocycles. The van der Waals surface area contributed by atoms with Gasteiger partial charge in [-0.25, -0.2) is 0 Å². The number of nitrogens with zero attached hydrogens (tertiary/aromatic N) is 1. The van der Waals surface area contributed by atoms with Crippen molar-refractivity contribution < 1.29 is 0 Å². The third-order valence-electron chi connectivity index (χ3n) is 2.98. The first kappa shape index (κ1) is 9.00. The van der Waals surface area contributed by atoms with Gasteiger partial charge in [-0.05, 0) is 38.4 Å². The molecule has 0 bridgehead atoms. The molecule has 1 aromatic rings. The fourth-order valence-electron chi connectivity index (χ4n) is 2.24. The molecule has 0 aromatic carbocycles. The van der Waals surface area contributed by atoms with E-state index in [-0.39, 0.29) is 0 Å². The van der Waals surface area contributed by atoms with Gasteiger partial charge in [0.05, 0.1) is 0 Å². The second kappa shape index (κ2) is 2.98. The molecule has 1 aliphatic rings. The zero-order chi connectivity index (χ0) is 9.47. The minimum absolute atomic E-state index is 0.385. The van der Waals surface area contributed by atoms with Crippen molar-refractivity contribution in [3.63, 3.8) is 0 Å². The second-order valence-corrected chi connectivity index (χ2v) is 4.43. The molecule has 0 atom stereocenters. The van der Waals surface area contributed by atoms with Crippen LogP contribution in [0.3, 0.4) is 0 Å². The number of rotatable bonds is 3. The van der Waals surface area contributed by atoms with E-state index in [2.05, 4.69) is 23.4 Å². The average Bonchev–Trinajstić information content (AvgIpc) is 2.76. The summed E-state index contributed by atoms with van der Waals surface area (Å²) in [6, 6.07) is 0. The fraction of sp³-hybridized carbons (Fsp3) is 0.700. The summed E-state index contributed by atoms with van der Waals surface area (Å²) in [5.74, 6) is 0. The lowest BCUT2D eigenvalue weighted by Crippen LogP contribution is -2.18. The minimum atomic E-state index is 0.385. The summed E-state index contributed by atoms with van der Waals surface area (Å²) in [5.41, 5.74) is 1.66. The molecule has 3 heteroatoms. The first-order valence-corrected chi connectivity index (χ1v) is 5.38. The third-order valence-corrected chi connectivity index (χ3v) is 3.28. The molecule has 72 valence electrons. The van der Waals surface area contributed by atoms with Gasteiger partial charge >= 0.3 is 0 Å². The van der Waals surface area contributed by atoms with Crippen LogP contribution in [0.2, 0.25) is 0 Å². The quantitative estimate of drug-likeness (QED) is 0.736. The van der Waals surface area contributed by atoms with Gasteiger partial charge in [-0.1, -0.05) is 13.3 Å². The summed E-state index contributed by atoms with van der Waals surface area (Å²) < 4.78 is 3.20. The zero-order valence-corrected chi connectivity index (χ0v) is 9.08. The van der Waals surface area contributed by atoms with E-state index in [0.29, 0.717) is 5.54 Å². The predicted molar refractivity (Wildman–Crippen MR) is 56.5 cm³/mol. The van der Waals surface area contributed by atoms with E-state index < -0.39 is 0 Å². The normalized spacial score (nSPS) is 18.9. The number of aromatic nitrogens is 2. The second-order valence-electron chi connectivity index (χ2n) is 4.04. The van der Waals surface area contributed by atoms with Crippen LogP contribution in [0.5, 0.6) is 0 Å². The van der Waals surface area contributed by atoms with Gasteiger partial charge in [0.15, 0.2) is 4.77 Å². The van der Waals surface area contributed by atoms with Crippen molar-refractivity contribution in [1.82, 2.24) is 9.55 Å². The standard InChI is InChI=1S/C10H16N2S/c1-3-4-10(5-6-10)12-8(2)7-11-9(12)13/h7H,3-6H2,1-2H3,(H,11,13). The predicted octanol–water partition coefficient (Wildman–Crippen LogP) is 3.14. The first-order chi connectivity index (χ1) is 6.19. The minimum Gasteiger partial charge on any atom is -0.337 e. The number of H-pyrrole nitrogens is 1. The fourth-order valence-corrected chi connectivity index (χ4v) is 2.64. The maximum absolute atomic E-state index is 5.28. The maximum Gasteiger partial charge on any atom is 0.177 e. The van der Waals surface area contributed by atoms with Gasteiger partial charge in [-0.2, -0.15) is 0 Å². The van der Waals surface area contributed by atoms with Gasteiger partial charge in [0, 0.05) is 17.4 Å². The van der Waals surface area contributed by atoms with Gasteiger partial charge in [-0.3, -0.25) is 0 Å². The Balaban J connectivity index is 2.40. The van der Waals surface area contributed by atoms with Crippen molar-refractivity contribution in [2.75, 3.05) is 0 Å². The van der Waals surface area contributed by atoms with Crippen LogP contribution in [-0.4, -0.2) is 9.55 Å². The Kier molecular flexibility index (Phi) is 2.06. The number of aryl methyl sites for hydroxylation is 1. The van der Waals surface area contributed by atoms with Crippen LogP contribution in [0.4, 0.5) is 0 Å². The molecule has 13 heavy (non-hydrogen) atoms. The molecular formula is C10H16N2S. The largest absolute Gasteiger partial charge is 0.337 e. The summed E-state index contributed by atoms with van der Waals surface area (Å²) in [4.78, 5) is 3.12. The van der Waals surface area contributed by atoms with Crippen molar-refractivity contribution in [3.05, 3.63) is 16.7 Å². The lowest BCUT2D eigenvalue weighted by molar-refractivity contribution is 0.427. The molecule has 1 aliphatic carbocycles. The van der Waals surface area contributed by atoms with Crippen LogP contribution < -0.4 is 0 Å². The van der Waals surface area contributed by atoms with Crippen LogP contribution in [0.25, 0.3) is 0 Å². The van der Waals surface area contributed by atoms with E-state index in [1.807, 2.05) is 6.20 Å². The number of nitrogens with one attached hydrogen (secondary N) is 1. The van der Waals surface area contributed by atoms with Gasteiger partial charge in [-0.15, -0.1) is 0 Å². The Hall–Kier alpha value is -0.570. The van der Waals surface area contributed by atoms with Crippen molar-refractivity contribution in [2.24, 2.45) is 0 Å². The molecule has 1 heterocycles. The van der Waals surface area contributed by atoms with Crippen molar-refractivity contribution >= 4 is 12.2 Å². The highest BCUT2D eigenvalue weighted by Gasteiger charge is 2.44. The van der Waals surface area contributed by atoms with E-state index in [9.17, 15) is 0 Å². The van der Waals surface area contributed by atoms with E-state index in [1.54, 1.807) is 0 Å². The third kappa shape index (κ3) is 1.35. The maximum atomic E-state index is 5.28. The Labute approximate surface area is 84.0 Å². The Morgan fingerprint density at radius 3 is 2.69 bits per heavy atom. The van der Waals surface area contributed by atoms with E-state index in [4.69, 9.17) is 12.2 Å². The van der Waals surface area contributed by atoms with Crippen molar-refractivity contribution in [1.29, 1.82) is 0 Å². The van der Waals surface area contributed by atoms with Gasteiger partial charge in [0.25, 0.3) is 0 Å². The van der Waals surface area contributed by atoms with Crippen molar-refractivity contribution in [3.8, 4) is 0 Å². The topological polar surface area (TPSA) is 20.7 Å². The molecule has 1 aromatic heterocycles. The van der Waals surface area contributed by atoms with Gasteiger partial charge in [0.2, 0.25) is 0 Å².